The van der Waals surface area contributed by atoms with E-state index in [9.17, 15) is 9.59 Å². The van der Waals surface area contributed by atoms with Crippen LogP contribution in [-0.4, -0.2) is 24.1 Å². The third-order valence-electron chi connectivity index (χ3n) is 3.94. The number of benzene rings is 1. The zero-order valence-corrected chi connectivity index (χ0v) is 14.1. The molecule has 0 spiro atoms. The van der Waals surface area contributed by atoms with Gasteiger partial charge in [-0.2, -0.15) is 0 Å². The van der Waals surface area contributed by atoms with Gasteiger partial charge in [-0.15, -0.1) is 11.3 Å². The minimum absolute atomic E-state index is 0.264. The Morgan fingerprint density at radius 3 is 2.75 bits per heavy atom. The van der Waals surface area contributed by atoms with Crippen LogP contribution < -0.4 is 11.2 Å². The highest BCUT2D eigenvalue weighted by Gasteiger charge is 2.19. The van der Waals surface area contributed by atoms with Crippen molar-refractivity contribution in [3.63, 3.8) is 0 Å². The molecule has 1 aromatic carbocycles. The van der Waals surface area contributed by atoms with E-state index >= 15 is 0 Å². The van der Waals surface area contributed by atoms with E-state index in [1.54, 1.807) is 0 Å². The average Bonchev–Trinajstić information content (AvgIpc) is 3.15. The van der Waals surface area contributed by atoms with E-state index in [4.69, 9.17) is 0 Å². The smallest absolute Gasteiger partial charge is 0.308 e. The lowest BCUT2D eigenvalue weighted by molar-refractivity contribution is 0.692. The largest absolute Gasteiger partial charge is 0.329 e. The van der Waals surface area contributed by atoms with Gasteiger partial charge in [0.15, 0.2) is 16.3 Å². The van der Waals surface area contributed by atoms with Gasteiger partial charge < -0.3 is 4.57 Å². The standard InChI is InChI=1S/C16H15N5O2S/c1-3-8-21-12-11(15(22)20(2)16(23)19-12)18-13(21)14-17-9-6-4-5-7-10(9)24-14/h4-7H,3,8H2,1-2H3,(H,19,23). The van der Waals surface area contributed by atoms with Crippen molar-refractivity contribution >= 4 is 32.7 Å². The molecule has 0 saturated carbocycles. The number of nitrogens with zero attached hydrogens (tertiary/aromatic N) is 4. The Morgan fingerprint density at radius 2 is 2.00 bits per heavy atom. The molecular weight excluding hydrogens is 326 g/mol. The molecule has 7 nitrogen and oxygen atoms in total. The SMILES string of the molecule is CCCn1c(-c2nc3ccccc3s2)nc2c(=O)n(C)c(=O)[nH]c21. The van der Waals surface area contributed by atoms with Crippen LogP contribution in [0.15, 0.2) is 33.9 Å². The van der Waals surface area contributed by atoms with Gasteiger partial charge in [-0.1, -0.05) is 19.1 Å². The molecule has 0 unspecified atom stereocenters. The predicted molar refractivity (Wildman–Crippen MR) is 94.5 cm³/mol. The minimum Gasteiger partial charge on any atom is -0.308 e. The molecule has 0 fully saturated rings. The van der Waals surface area contributed by atoms with Gasteiger partial charge in [0.25, 0.3) is 5.56 Å². The second-order valence-electron chi connectivity index (χ2n) is 5.57. The van der Waals surface area contributed by atoms with Crippen molar-refractivity contribution in [1.29, 1.82) is 0 Å². The molecule has 1 N–H and O–H groups in total. The van der Waals surface area contributed by atoms with Gasteiger partial charge >= 0.3 is 5.69 Å². The van der Waals surface area contributed by atoms with Gasteiger partial charge in [0.05, 0.1) is 10.2 Å². The number of nitrogens with one attached hydrogen (secondary N) is 1. The molecular formula is C16H15N5O2S. The molecule has 0 atom stereocenters. The molecule has 0 aliphatic rings. The summed E-state index contributed by atoms with van der Waals surface area (Å²) in [6, 6.07) is 7.86. The van der Waals surface area contributed by atoms with Crippen LogP contribution in [0.5, 0.6) is 0 Å². The third-order valence-corrected chi connectivity index (χ3v) is 4.97. The van der Waals surface area contributed by atoms with Gasteiger partial charge in [0.1, 0.15) is 5.65 Å². The molecule has 0 saturated heterocycles. The van der Waals surface area contributed by atoms with Crippen LogP contribution in [-0.2, 0) is 13.6 Å². The molecule has 4 aromatic rings. The minimum atomic E-state index is -0.444. The highest BCUT2D eigenvalue weighted by molar-refractivity contribution is 7.21. The van der Waals surface area contributed by atoms with Crippen molar-refractivity contribution in [1.82, 2.24) is 24.1 Å². The molecule has 4 rings (SSSR count). The first-order valence-electron chi connectivity index (χ1n) is 7.65. The van der Waals surface area contributed by atoms with Crippen molar-refractivity contribution in [3.8, 4) is 10.8 Å². The van der Waals surface area contributed by atoms with Crippen molar-refractivity contribution < 1.29 is 0 Å². The summed E-state index contributed by atoms with van der Waals surface area (Å²) < 4.78 is 3.97. The summed E-state index contributed by atoms with van der Waals surface area (Å²) in [4.78, 5) is 36.2. The van der Waals surface area contributed by atoms with E-state index in [0.29, 0.717) is 18.0 Å². The number of imidazole rings is 1. The van der Waals surface area contributed by atoms with E-state index in [2.05, 4.69) is 15.0 Å². The molecule has 0 aliphatic carbocycles. The molecule has 8 heteroatoms. The van der Waals surface area contributed by atoms with E-state index in [-0.39, 0.29) is 5.52 Å². The Bertz CT molecular complexity index is 1150. The van der Waals surface area contributed by atoms with Gasteiger partial charge in [0, 0.05) is 13.6 Å². The van der Waals surface area contributed by atoms with Crippen LogP contribution in [0.25, 0.3) is 32.2 Å². The molecule has 24 heavy (non-hydrogen) atoms. The lowest BCUT2D eigenvalue weighted by Crippen LogP contribution is -2.32. The highest BCUT2D eigenvalue weighted by Crippen LogP contribution is 2.30. The Labute approximate surface area is 140 Å². The Kier molecular flexibility index (Phi) is 3.34. The molecule has 0 radical (unpaired) electrons. The van der Waals surface area contributed by atoms with Crippen LogP contribution in [0.4, 0.5) is 0 Å². The van der Waals surface area contributed by atoms with Crippen molar-refractivity contribution in [2.24, 2.45) is 7.05 Å². The number of aromatic nitrogens is 5. The van der Waals surface area contributed by atoms with E-state index in [1.165, 1.54) is 18.4 Å². The van der Waals surface area contributed by atoms with Gasteiger partial charge in [-0.05, 0) is 18.6 Å². The summed E-state index contributed by atoms with van der Waals surface area (Å²) in [5, 5.41) is 0.740. The van der Waals surface area contributed by atoms with Gasteiger partial charge in [0.2, 0.25) is 0 Å². The molecule has 0 aliphatic heterocycles. The second-order valence-corrected chi connectivity index (χ2v) is 6.60. The highest BCUT2D eigenvalue weighted by atomic mass is 32.1. The maximum atomic E-state index is 12.4. The van der Waals surface area contributed by atoms with Crippen LogP contribution >= 0.6 is 11.3 Å². The second kappa shape index (κ2) is 5.41. The van der Waals surface area contributed by atoms with E-state index < -0.39 is 11.2 Å². The number of hydrogen-bond donors (Lipinski definition) is 1. The van der Waals surface area contributed by atoms with Gasteiger partial charge in [-0.3, -0.25) is 14.3 Å². The fourth-order valence-electron chi connectivity index (χ4n) is 2.74. The zero-order chi connectivity index (χ0) is 16.8. The molecule has 3 aromatic heterocycles. The van der Waals surface area contributed by atoms with E-state index in [0.717, 1.165) is 26.2 Å². The maximum Gasteiger partial charge on any atom is 0.329 e. The number of para-hydroxylation sites is 1. The summed E-state index contributed by atoms with van der Waals surface area (Å²) in [6.45, 7) is 2.68. The first-order chi connectivity index (χ1) is 11.6. The number of fused-ring (bicyclic) bond motifs is 2. The molecule has 0 amide bonds. The average molecular weight is 341 g/mol. The number of H-pyrrole nitrogens is 1. The fraction of sp³-hybridized carbons (Fsp3) is 0.250. The first kappa shape index (κ1) is 14.8. The summed E-state index contributed by atoms with van der Waals surface area (Å²) in [5.74, 6) is 0.618. The number of aryl methyl sites for hydroxylation is 1. The first-order valence-corrected chi connectivity index (χ1v) is 8.47. The van der Waals surface area contributed by atoms with Crippen LogP contribution in [0, 0.1) is 0 Å². The van der Waals surface area contributed by atoms with Crippen molar-refractivity contribution in [3.05, 3.63) is 45.1 Å². The van der Waals surface area contributed by atoms with Crippen molar-refractivity contribution in [2.45, 2.75) is 19.9 Å². The van der Waals surface area contributed by atoms with Crippen molar-refractivity contribution in [2.75, 3.05) is 0 Å². The summed E-state index contributed by atoms with van der Waals surface area (Å²) in [5.41, 5.74) is 0.777. The maximum absolute atomic E-state index is 12.4. The third kappa shape index (κ3) is 2.10. The normalized spacial score (nSPS) is 11.6. The number of aromatic amines is 1. The number of thiazole rings is 1. The summed E-state index contributed by atoms with van der Waals surface area (Å²) in [6.07, 6.45) is 0.848. The quantitative estimate of drug-likeness (QED) is 0.618. The van der Waals surface area contributed by atoms with E-state index in [1.807, 2.05) is 35.8 Å². The Hall–Kier alpha value is -2.74. The number of rotatable bonds is 3. The Balaban J connectivity index is 2.07. The topological polar surface area (TPSA) is 85.6 Å². The zero-order valence-electron chi connectivity index (χ0n) is 13.2. The monoisotopic (exact) mass is 341 g/mol. The lowest BCUT2D eigenvalue weighted by Gasteiger charge is -2.05. The summed E-state index contributed by atoms with van der Waals surface area (Å²) in [7, 11) is 1.44. The molecule has 3 heterocycles. The Morgan fingerprint density at radius 1 is 1.21 bits per heavy atom. The lowest BCUT2D eigenvalue weighted by atomic mass is 10.3. The predicted octanol–water partition coefficient (Wildman–Crippen LogP) is 2.11. The molecule has 0 bridgehead atoms. The fourth-order valence-corrected chi connectivity index (χ4v) is 3.70. The van der Waals surface area contributed by atoms with Crippen LogP contribution in [0.2, 0.25) is 0 Å². The van der Waals surface area contributed by atoms with Crippen LogP contribution in [0.3, 0.4) is 0 Å². The van der Waals surface area contributed by atoms with Gasteiger partial charge in [-0.25, -0.2) is 14.8 Å². The van der Waals surface area contributed by atoms with Crippen LogP contribution in [0.1, 0.15) is 13.3 Å². The molecule has 122 valence electrons. The summed E-state index contributed by atoms with van der Waals surface area (Å²) >= 11 is 1.52. The number of hydrogen-bond acceptors (Lipinski definition) is 5.